The van der Waals surface area contributed by atoms with Crippen molar-refractivity contribution in [2.75, 3.05) is 0 Å². The molecule has 19 rings (SSSR count). The molecule has 0 aliphatic heterocycles. The summed E-state index contributed by atoms with van der Waals surface area (Å²) >= 11 is 0. The van der Waals surface area contributed by atoms with Crippen LogP contribution in [0.3, 0.4) is 0 Å². The summed E-state index contributed by atoms with van der Waals surface area (Å²) in [6, 6.07) is 124. The standard InChI is InChI=1S/C51H33N3.C51H35N3/c1-2-13-37(14-3-1)49-43-19-6-8-21-45(43)50(46-22-9-7-20-44(46)49)40-16-10-17-41(31-40)51-53-47(36-26-23-35(24-27-36)42-18-11-29-52-33-42)32-48(54-51)39-28-25-34-12-4-5-15-38(34)30-39;1-3-34-17-13-25-42(41(34)4-2)48-32-47(36-28-26-35(27-29-36)40-20-14-30-52-33-40)53-51(54-48)39-19-12-18-38(31-39)50-45-23-10-8-21-43(45)49(37-15-6-5-7-16-37)44-22-9-11-24-46(44)50/h1-33H;3-33H,1-2H2. The van der Waals surface area contributed by atoms with E-state index in [0.717, 1.165) is 101 Å². The van der Waals surface area contributed by atoms with Gasteiger partial charge in [0, 0.05) is 58.2 Å². The Balaban J connectivity index is 0.000000152. The number of nitrogens with zero attached hydrogens (tertiary/aromatic N) is 6. The van der Waals surface area contributed by atoms with Crippen molar-refractivity contribution in [1.82, 2.24) is 29.9 Å². The van der Waals surface area contributed by atoms with Gasteiger partial charge in [-0.25, -0.2) is 19.9 Å². The van der Waals surface area contributed by atoms with Crippen LogP contribution in [0.1, 0.15) is 11.1 Å². The van der Waals surface area contributed by atoms with Gasteiger partial charge in [-0.05, 0) is 174 Å². The third kappa shape index (κ3) is 12.7. The lowest BCUT2D eigenvalue weighted by Gasteiger charge is -2.18. The molecule has 108 heavy (non-hydrogen) atoms. The van der Waals surface area contributed by atoms with Gasteiger partial charge in [0.05, 0.1) is 22.8 Å². The Morgan fingerprint density at radius 3 is 0.981 bits per heavy atom. The highest BCUT2D eigenvalue weighted by Crippen LogP contribution is 2.47. The second-order valence-corrected chi connectivity index (χ2v) is 26.9. The minimum Gasteiger partial charge on any atom is -0.264 e. The van der Waals surface area contributed by atoms with Crippen LogP contribution in [0.5, 0.6) is 0 Å². The van der Waals surface area contributed by atoms with E-state index in [1.165, 1.54) is 87.2 Å². The predicted molar refractivity (Wildman–Crippen MR) is 453 cm³/mol. The molecule has 0 fully saturated rings. The second kappa shape index (κ2) is 29.0. The average Bonchev–Trinajstić information content (AvgIpc) is 0.738. The summed E-state index contributed by atoms with van der Waals surface area (Å²) < 4.78 is 0. The van der Waals surface area contributed by atoms with Crippen LogP contribution in [0.15, 0.2) is 390 Å². The van der Waals surface area contributed by atoms with Crippen molar-refractivity contribution in [1.29, 1.82) is 0 Å². The molecule has 0 amide bonds. The van der Waals surface area contributed by atoms with E-state index in [9.17, 15) is 0 Å². The van der Waals surface area contributed by atoms with Gasteiger partial charge in [0.15, 0.2) is 11.6 Å². The number of hydrogen-bond donors (Lipinski definition) is 0. The maximum absolute atomic E-state index is 5.27. The Bertz CT molecular complexity index is 6500. The molecule has 0 aliphatic carbocycles. The van der Waals surface area contributed by atoms with Crippen LogP contribution < -0.4 is 0 Å². The molecule has 0 N–H and O–H groups in total. The van der Waals surface area contributed by atoms with Crippen molar-refractivity contribution in [3.8, 4) is 135 Å². The summed E-state index contributed by atoms with van der Waals surface area (Å²) in [5.74, 6) is 1.33. The van der Waals surface area contributed by atoms with Crippen LogP contribution in [0.4, 0.5) is 0 Å². The van der Waals surface area contributed by atoms with Crippen LogP contribution in [0, 0.1) is 0 Å². The molecular formula is C102H68N6. The molecule has 0 saturated heterocycles. The molecule has 0 bridgehead atoms. The van der Waals surface area contributed by atoms with Crippen molar-refractivity contribution in [2.45, 2.75) is 0 Å². The van der Waals surface area contributed by atoms with Gasteiger partial charge in [-0.1, -0.05) is 335 Å². The largest absolute Gasteiger partial charge is 0.264 e. The number of hydrogen-bond acceptors (Lipinski definition) is 6. The zero-order valence-corrected chi connectivity index (χ0v) is 59.0. The van der Waals surface area contributed by atoms with Crippen LogP contribution in [-0.4, -0.2) is 29.9 Å². The molecule has 4 aromatic heterocycles. The molecule has 0 radical (unpaired) electrons. The molecule has 506 valence electrons. The highest BCUT2D eigenvalue weighted by Gasteiger charge is 2.22. The molecule has 6 heteroatoms. The van der Waals surface area contributed by atoms with Gasteiger partial charge >= 0.3 is 0 Å². The average molecular weight is 1380 g/mol. The Hall–Kier alpha value is -14.5. The monoisotopic (exact) mass is 1380 g/mol. The topological polar surface area (TPSA) is 77.3 Å². The number of pyridine rings is 2. The highest BCUT2D eigenvalue weighted by molar-refractivity contribution is 6.23. The zero-order valence-electron chi connectivity index (χ0n) is 59.0. The van der Waals surface area contributed by atoms with E-state index >= 15 is 0 Å². The first kappa shape index (κ1) is 65.6. The first-order valence-corrected chi connectivity index (χ1v) is 36.3. The van der Waals surface area contributed by atoms with E-state index < -0.39 is 0 Å². The van der Waals surface area contributed by atoms with E-state index in [1.807, 2.05) is 42.7 Å². The van der Waals surface area contributed by atoms with E-state index in [4.69, 9.17) is 19.9 Å². The SMILES string of the molecule is C=Cc1cccc(-c2cc(-c3ccc(-c4cccnc4)cc3)nc(-c3cccc(-c4c5ccccc5c(-c5ccccc5)c5ccccc45)c3)n2)c1C=C.c1ccc(-c2c3ccccc3c(-c3cccc(-c4nc(-c5ccc(-c6cccnc6)cc5)cc(-c5ccc6ccccc6c5)n4)c3)c3ccccc23)cc1. The number of benzene rings is 15. The van der Waals surface area contributed by atoms with Crippen LogP contribution >= 0.6 is 0 Å². The van der Waals surface area contributed by atoms with Crippen molar-refractivity contribution in [3.05, 3.63) is 401 Å². The van der Waals surface area contributed by atoms with E-state index in [0.29, 0.717) is 11.6 Å². The maximum Gasteiger partial charge on any atom is 0.160 e. The van der Waals surface area contributed by atoms with Crippen molar-refractivity contribution in [3.63, 3.8) is 0 Å². The lowest BCUT2D eigenvalue weighted by atomic mass is 9.85. The zero-order chi connectivity index (χ0) is 72.3. The van der Waals surface area contributed by atoms with Crippen LogP contribution in [0.2, 0.25) is 0 Å². The Morgan fingerprint density at radius 1 is 0.213 bits per heavy atom. The van der Waals surface area contributed by atoms with E-state index in [1.54, 1.807) is 12.4 Å². The van der Waals surface area contributed by atoms with Gasteiger partial charge in [-0.2, -0.15) is 0 Å². The Labute approximate surface area is 627 Å². The molecule has 0 atom stereocenters. The summed E-state index contributed by atoms with van der Waals surface area (Å²) in [6.07, 6.45) is 11.1. The molecule has 15 aromatic carbocycles. The van der Waals surface area contributed by atoms with E-state index in [2.05, 4.69) is 357 Å². The maximum atomic E-state index is 5.27. The summed E-state index contributed by atoms with van der Waals surface area (Å²) in [6.45, 7) is 8.21. The second-order valence-electron chi connectivity index (χ2n) is 26.9. The first-order chi connectivity index (χ1) is 53.5. The molecule has 0 unspecified atom stereocenters. The summed E-state index contributed by atoms with van der Waals surface area (Å²) in [5, 5.41) is 12.1. The van der Waals surface area contributed by atoms with Gasteiger partial charge in [-0.3, -0.25) is 9.97 Å². The van der Waals surface area contributed by atoms with Gasteiger partial charge in [0.1, 0.15) is 0 Å². The number of rotatable bonds is 14. The van der Waals surface area contributed by atoms with Crippen LogP contribution in [-0.2, 0) is 0 Å². The quantitative estimate of drug-likeness (QED) is 0.101. The summed E-state index contributed by atoms with van der Waals surface area (Å²) in [7, 11) is 0. The van der Waals surface area contributed by atoms with Gasteiger partial charge < -0.3 is 0 Å². The van der Waals surface area contributed by atoms with Crippen molar-refractivity contribution < 1.29 is 0 Å². The van der Waals surface area contributed by atoms with Crippen molar-refractivity contribution >= 4 is 66.0 Å². The molecule has 0 aliphatic rings. The fourth-order valence-electron chi connectivity index (χ4n) is 15.4. The predicted octanol–water partition coefficient (Wildman–Crippen LogP) is 26.8. The number of fused-ring (bicyclic) bond motifs is 5. The first-order valence-electron chi connectivity index (χ1n) is 36.3. The van der Waals surface area contributed by atoms with Gasteiger partial charge in [0.25, 0.3) is 0 Å². The fourth-order valence-corrected chi connectivity index (χ4v) is 15.4. The molecule has 6 nitrogen and oxygen atoms in total. The minimum atomic E-state index is 0.647. The van der Waals surface area contributed by atoms with Gasteiger partial charge in [0.2, 0.25) is 0 Å². The molecule has 19 aromatic rings. The fraction of sp³-hybridized carbons (Fsp3) is 0. The smallest absolute Gasteiger partial charge is 0.160 e. The van der Waals surface area contributed by atoms with E-state index in [-0.39, 0.29) is 0 Å². The third-order valence-corrected chi connectivity index (χ3v) is 20.5. The van der Waals surface area contributed by atoms with Gasteiger partial charge in [-0.15, -0.1) is 0 Å². The Morgan fingerprint density at radius 2 is 0.556 bits per heavy atom. The summed E-state index contributed by atoms with van der Waals surface area (Å²) in [4.78, 5) is 29.6. The lowest BCUT2D eigenvalue weighted by molar-refractivity contribution is 1.18. The molecule has 0 spiro atoms. The van der Waals surface area contributed by atoms with Crippen LogP contribution in [0.25, 0.3) is 201 Å². The lowest BCUT2D eigenvalue weighted by Crippen LogP contribution is -1.98. The molecule has 0 saturated carbocycles. The molecular weight excluding hydrogens is 1310 g/mol. The third-order valence-electron chi connectivity index (χ3n) is 20.5. The Kier molecular flexibility index (Phi) is 17.6. The minimum absolute atomic E-state index is 0.647. The normalized spacial score (nSPS) is 11.2. The highest BCUT2D eigenvalue weighted by atomic mass is 14.9. The molecule has 4 heterocycles. The van der Waals surface area contributed by atoms with Crippen molar-refractivity contribution in [2.24, 2.45) is 0 Å². The number of aromatic nitrogens is 6. The summed E-state index contributed by atoms with van der Waals surface area (Å²) in [5.41, 5.74) is 25.3.